The van der Waals surface area contributed by atoms with Crippen LogP contribution in [-0.4, -0.2) is 14.1 Å². The molecule has 0 unspecified atom stereocenters. The lowest BCUT2D eigenvalue weighted by Gasteiger charge is -2.11. The first-order chi connectivity index (χ1) is 8.40. The van der Waals surface area contributed by atoms with E-state index in [0.717, 1.165) is 4.57 Å². The summed E-state index contributed by atoms with van der Waals surface area (Å²) in [6, 6.07) is 0. The number of nitrogens with zero attached hydrogens (tertiary/aromatic N) is 3. The number of fused-ring (bicyclic) bond motifs is 1. The van der Waals surface area contributed by atoms with E-state index in [1.165, 1.54) is 18.7 Å². The molecule has 18 heavy (non-hydrogen) atoms. The van der Waals surface area contributed by atoms with E-state index in [2.05, 4.69) is 4.98 Å². The van der Waals surface area contributed by atoms with Crippen LogP contribution in [0.5, 0.6) is 0 Å². The van der Waals surface area contributed by atoms with Gasteiger partial charge in [-0.25, -0.2) is 9.78 Å². The molecule has 0 atom stereocenters. The van der Waals surface area contributed by atoms with Crippen molar-refractivity contribution in [3.05, 3.63) is 36.6 Å². The van der Waals surface area contributed by atoms with Gasteiger partial charge in [0.05, 0.1) is 5.02 Å². The second-order valence-corrected chi connectivity index (χ2v) is 4.69. The maximum absolute atomic E-state index is 12.1. The van der Waals surface area contributed by atoms with Crippen LogP contribution in [0.25, 0.3) is 11.0 Å². The summed E-state index contributed by atoms with van der Waals surface area (Å²) in [6.07, 6.45) is 0.562. The van der Waals surface area contributed by atoms with Crippen molar-refractivity contribution in [2.45, 2.75) is 13.3 Å². The number of aromatic nitrogens is 3. The lowest BCUT2D eigenvalue weighted by atomic mass is 10.2. The average molecular weight is 288 g/mol. The molecule has 2 heterocycles. The van der Waals surface area contributed by atoms with Gasteiger partial charge < -0.3 is 0 Å². The van der Waals surface area contributed by atoms with Crippen molar-refractivity contribution in [2.75, 3.05) is 0 Å². The number of halogens is 2. The standard InChI is InChI=1S/C11H11Cl2N3O2/c1-4-5-7(12)6-9(14-8(5)13)15(2)11(18)16(3)10(6)17/h4H2,1-3H3. The van der Waals surface area contributed by atoms with Gasteiger partial charge in [-0.15, -0.1) is 0 Å². The van der Waals surface area contributed by atoms with E-state index in [0.29, 0.717) is 12.0 Å². The normalized spacial score (nSPS) is 11.2. The third-order valence-corrected chi connectivity index (χ3v) is 3.65. The summed E-state index contributed by atoms with van der Waals surface area (Å²) >= 11 is 12.2. The summed E-state index contributed by atoms with van der Waals surface area (Å²) < 4.78 is 2.26. The van der Waals surface area contributed by atoms with Crippen LogP contribution < -0.4 is 11.2 Å². The van der Waals surface area contributed by atoms with Crippen LogP contribution in [0.1, 0.15) is 12.5 Å². The van der Waals surface area contributed by atoms with Crippen molar-refractivity contribution >= 4 is 34.2 Å². The van der Waals surface area contributed by atoms with Crippen LogP contribution >= 0.6 is 23.2 Å². The third kappa shape index (κ3) is 1.66. The van der Waals surface area contributed by atoms with Crippen LogP contribution in [0.15, 0.2) is 9.59 Å². The Balaban J connectivity index is 3.18. The molecule has 0 aliphatic carbocycles. The highest BCUT2D eigenvalue weighted by atomic mass is 35.5. The Kier molecular flexibility index (Phi) is 3.21. The monoisotopic (exact) mass is 287 g/mol. The second-order valence-electron chi connectivity index (χ2n) is 3.95. The van der Waals surface area contributed by atoms with Crippen molar-refractivity contribution in [3.8, 4) is 0 Å². The van der Waals surface area contributed by atoms with Gasteiger partial charge in [-0.3, -0.25) is 13.9 Å². The molecule has 2 aromatic heterocycles. The Labute approximate surface area is 113 Å². The molecule has 0 saturated heterocycles. The molecule has 2 aromatic rings. The van der Waals surface area contributed by atoms with Crippen LogP contribution in [0.4, 0.5) is 0 Å². The minimum Gasteiger partial charge on any atom is -0.280 e. The Morgan fingerprint density at radius 3 is 2.33 bits per heavy atom. The summed E-state index contributed by atoms with van der Waals surface area (Å²) in [6.45, 7) is 1.87. The largest absolute Gasteiger partial charge is 0.332 e. The number of rotatable bonds is 1. The lowest BCUT2D eigenvalue weighted by molar-refractivity contribution is 0.707. The zero-order valence-corrected chi connectivity index (χ0v) is 11.6. The lowest BCUT2D eigenvalue weighted by Crippen LogP contribution is -2.37. The molecule has 0 radical (unpaired) electrons. The van der Waals surface area contributed by atoms with E-state index in [4.69, 9.17) is 23.2 Å². The van der Waals surface area contributed by atoms with Crippen molar-refractivity contribution in [1.29, 1.82) is 0 Å². The SMILES string of the molecule is CCc1c(Cl)nc2c(c1Cl)c(=O)n(C)c(=O)n2C. The fourth-order valence-electron chi connectivity index (χ4n) is 1.86. The molecule has 0 amide bonds. The number of pyridine rings is 1. The van der Waals surface area contributed by atoms with Crippen molar-refractivity contribution in [2.24, 2.45) is 14.1 Å². The average Bonchev–Trinajstić information content (AvgIpc) is 2.33. The quantitative estimate of drug-likeness (QED) is 0.747. The zero-order chi connectivity index (χ0) is 13.6. The maximum Gasteiger partial charge on any atom is 0.332 e. The molecule has 0 aliphatic heterocycles. The molecular formula is C11H11Cl2N3O2. The first-order valence-electron chi connectivity index (χ1n) is 5.33. The number of hydrogen-bond acceptors (Lipinski definition) is 3. The van der Waals surface area contributed by atoms with Crippen molar-refractivity contribution in [3.63, 3.8) is 0 Å². The van der Waals surface area contributed by atoms with E-state index in [1.54, 1.807) is 0 Å². The first kappa shape index (κ1) is 13.1. The fourth-order valence-corrected chi connectivity index (χ4v) is 2.60. The predicted octanol–water partition coefficient (Wildman–Crippen LogP) is 1.50. The topological polar surface area (TPSA) is 56.9 Å². The highest BCUT2D eigenvalue weighted by Crippen LogP contribution is 2.28. The molecule has 0 fully saturated rings. The van der Waals surface area contributed by atoms with E-state index in [1.807, 2.05) is 6.92 Å². The van der Waals surface area contributed by atoms with Gasteiger partial charge in [0, 0.05) is 19.7 Å². The molecule has 0 bridgehead atoms. The molecule has 0 aliphatic rings. The molecule has 5 nitrogen and oxygen atoms in total. The molecule has 0 saturated carbocycles. The molecule has 0 N–H and O–H groups in total. The van der Waals surface area contributed by atoms with E-state index < -0.39 is 11.2 Å². The summed E-state index contributed by atoms with van der Waals surface area (Å²) in [4.78, 5) is 28.0. The van der Waals surface area contributed by atoms with Gasteiger partial charge in [0.25, 0.3) is 5.56 Å². The molecule has 7 heteroatoms. The smallest absolute Gasteiger partial charge is 0.280 e. The zero-order valence-electron chi connectivity index (χ0n) is 10.1. The summed E-state index contributed by atoms with van der Waals surface area (Å²) in [5.41, 5.74) is -0.106. The molecule has 96 valence electrons. The van der Waals surface area contributed by atoms with Gasteiger partial charge in [0.15, 0.2) is 5.65 Å². The highest BCUT2D eigenvalue weighted by Gasteiger charge is 2.17. The molecule has 0 aromatic carbocycles. The maximum atomic E-state index is 12.1. The van der Waals surface area contributed by atoms with E-state index in [-0.39, 0.29) is 21.2 Å². The van der Waals surface area contributed by atoms with Gasteiger partial charge in [-0.1, -0.05) is 30.1 Å². The van der Waals surface area contributed by atoms with Gasteiger partial charge in [0.1, 0.15) is 10.5 Å². The van der Waals surface area contributed by atoms with Crippen molar-refractivity contribution in [1.82, 2.24) is 14.1 Å². The van der Waals surface area contributed by atoms with Gasteiger partial charge in [-0.05, 0) is 6.42 Å². The minimum atomic E-state index is -0.462. The van der Waals surface area contributed by atoms with Gasteiger partial charge in [-0.2, -0.15) is 0 Å². The molecule has 0 spiro atoms. The Morgan fingerprint density at radius 1 is 1.17 bits per heavy atom. The van der Waals surface area contributed by atoms with Gasteiger partial charge >= 0.3 is 5.69 Å². The third-order valence-electron chi connectivity index (χ3n) is 2.92. The highest BCUT2D eigenvalue weighted by molar-refractivity contribution is 6.38. The van der Waals surface area contributed by atoms with Crippen LogP contribution in [0.3, 0.4) is 0 Å². The van der Waals surface area contributed by atoms with E-state index in [9.17, 15) is 9.59 Å². The van der Waals surface area contributed by atoms with Crippen LogP contribution in [0.2, 0.25) is 10.2 Å². The molecule has 2 rings (SSSR count). The minimum absolute atomic E-state index is 0.204. The summed E-state index contributed by atoms with van der Waals surface area (Å²) in [5, 5.41) is 0.712. The summed E-state index contributed by atoms with van der Waals surface area (Å²) in [7, 11) is 2.93. The predicted molar refractivity (Wildman–Crippen MR) is 71.6 cm³/mol. The van der Waals surface area contributed by atoms with Gasteiger partial charge in [0.2, 0.25) is 0 Å². The Bertz CT molecular complexity index is 762. The fraction of sp³-hybridized carbons (Fsp3) is 0.364. The van der Waals surface area contributed by atoms with Crippen LogP contribution in [-0.2, 0) is 20.5 Å². The second kappa shape index (κ2) is 4.40. The number of aryl methyl sites for hydroxylation is 1. The summed E-state index contributed by atoms with van der Waals surface area (Å²) in [5.74, 6) is 0. The van der Waals surface area contributed by atoms with Crippen LogP contribution in [0, 0.1) is 0 Å². The first-order valence-corrected chi connectivity index (χ1v) is 6.09. The molecular weight excluding hydrogens is 277 g/mol. The van der Waals surface area contributed by atoms with Crippen molar-refractivity contribution < 1.29 is 0 Å². The number of hydrogen-bond donors (Lipinski definition) is 0. The Hall–Kier alpha value is -1.33. The van der Waals surface area contributed by atoms with E-state index >= 15 is 0 Å². The Morgan fingerprint density at radius 2 is 1.78 bits per heavy atom.